The van der Waals surface area contributed by atoms with E-state index < -0.39 is 11.7 Å². The van der Waals surface area contributed by atoms with Crippen LogP contribution in [0.3, 0.4) is 0 Å². The quantitative estimate of drug-likeness (QED) is 0.729. The van der Waals surface area contributed by atoms with Crippen LogP contribution in [0.5, 0.6) is 0 Å². The summed E-state index contributed by atoms with van der Waals surface area (Å²) in [7, 11) is 0. The first kappa shape index (κ1) is 17.3. The molecule has 4 rings (SSSR count). The molecule has 2 heterocycles. The molecule has 0 saturated carbocycles. The van der Waals surface area contributed by atoms with E-state index in [-0.39, 0.29) is 0 Å². The van der Waals surface area contributed by atoms with Gasteiger partial charge in [-0.3, -0.25) is 4.99 Å². The van der Waals surface area contributed by atoms with Gasteiger partial charge in [0, 0.05) is 17.5 Å². The van der Waals surface area contributed by atoms with E-state index in [9.17, 15) is 13.2 Å². The highest BCUT2D eigenvalue weighted by atomic mass is 19.4. The van der Waals surface area contributed by atoms with Crippen LogP contribution in [0.1, 0.15) is 16.8 Å². The van der Waals surface area contributed by atoms with Crippen LogP contribution in [0.15, 0.2) is 71.7 Å². The van der Waals surface area contributed by atoms with Crippen molar-refractivity contribution < 1.29 is 13.2 Å². The maximum absolute atomic E-state index is 13.2. The molecule has 0 aliphatic carbocycles. The molecule has 27 heavy (non-hydrogen) atoms. The maximum atomic E-state index is 13.2. The minimum absolute atomic E-state index is 0.448. The van der Waals surface area contributed by atoms with Gasteiger partial charge in [-0.25, -0.2) is 4.98 Å². The Balaban J connectivity index is 1.87. The molecule has 1 aliphatic rings. The maximum Gasteiger partial charge on any atom is 0.416 e. The molecule has 0 atom stereocenters. The normalized spacial score (nSPS) is 14.9. The molecule has 0 fully saturated rings. The van der Waals surface area contributed by atoms with Crippen molar-refractivity contribution in [1.82, 2.24) is 10.3 Å². The highest BCUT2D eigenvalue weighted by Crippen LogP contribution is 2.32. The van der Waals surface area contributed by atoms with Gasteiger partial charge in [0.25, 0.3) is 0 Å². The number of rotatable bonds is 3. The number of nitrogens with one attached hydrogen (secondary N) is 1. The van der Waals surface area contributed by atoms with Crippen LogP contribution >= 0.6 is 0 Å². The van der Waals surface area contributed by atoms with E-state index in [4.69, 9.17) is 0 Å². The molecule has 136 valence electrons. The van der Waals surface area contributed by atoms with Crippen LogP contribution in [0.4, 0.5) is 13.2 Å². The Kier molecular flexibility index (Phi) is 4.39. The highest BCUT2D eigenvalue weighted by Gasteiger charge is 2.30. The van der Waals surface area contributed by atoms with Crippen molar-refractivity contribution in [2.45, 2.75) is 6.18 Å². The predicted octanol–water partition coefficient (Wildman–Crippen LogP) is 4.69. The number of nitrogens with zero attached hydrogens (tertiary/aromatic N) is 2. The van der Waals surface area contributed by atoms with Gasteiger partial charge in [0.05, 0.1) is 23.3 Å². The molecule has 1 N–H and O–H groups in total. The SMILES string of the molecule is FC(F)(F)c1cccc(C(=CC2=NCCN2)c2ccc3ccccc3n2)c1. The van der Waals surface area contributed by atoms with E-state index in [0.717, 1.165) is 23.0 Å². The molecule has 0 unspecified atom stereocenters. The summed E-state index contributed by atoms with van der Waals surface area (Å²) in [5.74, 6) is 0.650. The first-order chi connectivity index (χ1) is 13.0. The second-order valence-electron chi connectivity index (χ2n) is 6.22. The van der Waals surface area contributed by atoms with Gasteiger partial charge in [0.1, 0.15) is 5.84 Å². The minimum Gasteiger partial charge on any atom is -0.369 e. The van der Waals surface area contributed by atoms with Crippen molar-refractivity contribution in [3.63, 3.8) is 0 Å². The lowest BCUT2D eigenvalue weighted by Crippen LogP contribution is -2.16. The molecule has 0 radical (unpaired) electrons. The molecule has 3 nitrogen and oxygen atoms in total. The first-order valence-corrected chi connectivity index (χ1v) is 8.54. The number of amidine groups is 1. The van der Waals surface area contributed by atoms with Gasteiger partial charge < -0.3 is 5.32 Å². The third-order valence-corrected chi connectivity index (χ3v) is 4.36. The number of halogens is 3. The molecular weight excluding hydrogens is 351 g/mol. The summed E-state index contributed by atoms with van der Waals surface area (Å²) in [5.41, 5.74) is 1.75. The Hall–Kier alpha value is -3.15. The van der Waals surface area contributed by atoms with Crippen LogP contribution in [-0.4, -0.2) is 23.9 Å². The molecular formula is C21H16F3N3. The molecule has 0 bridgehead atoms. The fourth-order valence-electron chi connectivity index (χ4n) is 3.03. The number of fused-ring (bicyclic) bond motifs is 1. The van der Waals surface area contributed by atoms with Crippen molar-refractivity contribution in [3.05, 3.63) is 83.6 Å². The summed E-state index contributed by atoms with van der Waals surface area (Å²) in [6.45, 7) is 1.36. The van der Waals surface area contributed by atoms with E-state index >= 15 is 0 Å². The Morgan fingerprint density at radius 2 is 1.85 bits per heavy atom. The topological polar surface area (TPSA) is 37.3 Å². The zero-order valence-electron chi connectivity index (χ0n) is 14.3. The number of para-hydroxylation sites is 1. The summed E-state index contributed by atoms with van der Waals surface area (Å²) in [6, 6.07) is 16.7. The van der Waals surface area contributed by atoms with E-state index in [1.807, 2.05) is 36.4 Å². The highest BCUT2D eigenvalue weighted by molar-refractivity contribution is 6.03. The molecule has 6 heteroatoms. The number of aliphatic imine (C=N–C) groups is 1. The van der Waals surface area contributed by atoms with Gasteiger partial charge in [0.2, 0.25) is 0 Å². The number of hydrogen-bond donors (Lipinski definition) is 1. The van der Waals surface area contributed by atoms with Crippen molar-refractivity contribution in [2.75, 3.05) is 13.1 Å². The predicted molar refractivity (Wildman–Crippen MR) is 101 cm³/mol. The lowest BCUT2D eigenvalue weighted by Gasteiger charge is -2.12. The lowest BCUT2D eigenvalue weighted by atomic mass is 9.98. The van der Waals surface area contributed by atoms with Gasteiger partial charge in [-0.1, -0.05) is 36.4 Å². The Morgan fingerprint density at radius 3 is 2.63 bits per heavy atom. The van der Waals surface area contributed by atoms with E-state index in [2.05, 4.69) is 15.3 Å². The van der Waals surface area contributed by atoms with Crippen LogP contribution in [0.25, 0.3) is 16.5 Å². The average Bonchev–Trinajstić information content (AvgIpc) is 3.18. The summed E-state index contributed by atoms with van der Waals surface area (Å²) in [5, 5.41) is 4.11. The molecule has 0 spiro atoms. The second-order valence-corrected chi connectivity index (χ2v) is 6.22. The van der Waals surface area contributed by atoms with Crippen molar-refractivity contribution in [3.8, 4) is 0 Å². The molecule has 2 aromatic carbocycles. The van der Waals surface area contributed by atoms with Gasteiger partial charge in [-0.05, 0) is 35.9 Å². The van der Waals surface area contributed by atoms with Gasteiger partial charge >= 0.3 is 6.18 Å². The lowest BCUT2D eigenvalue weighted by molar-refractivity contribution is -0.137. The summed E-state index contributed by atoms with van der Waals surface area (Å²) in [4.78, 5) is 8.99. The summed E-state index contributed by atoms with van der Waals surface area (Å²) in [6.07, 6.45) is -2.64. The summed E-state index contributed by atoms with van der Waals surface area (Å²) < 4.78 is 39.5. The number of hydrogen-bond acceptors (Lipinski definition) is 3. The monoisotopic (exact) mass is 367 g/mol. The van der Waals surface area contributed by atoms with E-state index in [1.165, 1.54) is 6.07 Å². The number of aromatic nitrogens is 1. The zero-order chi connectivity index (χ0) is 18.9. The smallest absolute Gasteiger partial charge is 0.369 e. The van der Waals surface area contributed by atoms with Crippen LogP contribution in [0, 0.1) is 0 Å². The fourth-order valence-corrected chi connectivity index (χ4v) is 3.03. The molecule has 0 saturated heterocycles. The van der Waals surface area contributed by atoms with Crippen molar-refractivity contribution >= 4 is 22.3 Å². The summed E-state index contributed by atoms with van der Waals surface area (Å²) >= 11 is 0. The van der Waals surface area contributed by atoms with Gasteiger partial charge in [0.15, 0.2) is 0 Å². The Labute approximate surface area is 154 Å². The number of benzene rings is 2. The Morgan fingerprint density at radius 1 is 1.00 bits per heavy atom. The second kappa shape index (κ2) is 6.87. The standard InChI is InChI=1S/C21H16F3N3/c22-21(23,24)16-6-3-5-15(12-16)17(13-20-25-10-11-26-20)19-9-8-14-4-1-2-7-18(14)27-19/h1-9,12-13H,10-11H2,(H,25,26). The molecule has 0 amide bonds. The van der Waals surface area contributed by atoms with Gasteiger partial charge in [-0.2, -0.15) is 13.2 Å². The molecule has 1 aromatic heterocycles. The van der Waals surface area contributed by atoms with Crippen LogP contribution < -0.4 is 5.32 Å². The Bertz CT molecular complexity index is 1050. The first-order valence-electron chi connectivity index (χ1n) is 8.54. The third kappa shape index (κ3) is 3.69. The zero-order valence-corrected chi connectivity index (χ0v) is 14.3. The van der Waals surface area contributed by atoms with Crippen molar-refractivity contribution in [2.24, 2.45) is 4.99 Å². The fraction of sp³-hybridized carbons (Fsp3) is 0.143. The van der Waals surface area contributed by atoms with Gasteiger partial charge in [-0.15, -0.1) is 0 Å². The largest absolute Gasteiger partial charge is 0.416 e. The van der Waals surface area contributed by atoms with E-state index in [0.29, 0.717) is 35.8 Å². The molecule has 1 aliphatic heterocycles. The number of alkyl halides is 3. The minimum atomic E-state index is -4.40. The van der Waals surface area contributed by atoms with E-state index in [1.54, 1.807) is 12.1 Å². The third-order valence-electron chi connectivity index (χ3n) is 4.36. The molecule has 3 aromatic rings. The van der Waals surface area contributed by atoms with Crippen molar-refractivity contribution in [1.29, 1.82) is 0 Å². The average molecular weight is 367 g/mol. The van der Waals surface area contributed by atoms with Crippen LogP contribution in [0.2, 0.25) is 0 Å². The van der Waals surface area contributed by atoms with Crippen LogP contribution in [-0.2, 0) is 6.18 Å². The number of pyridine rings is 1.